The van der Waals surface area contributed by atoms with Crippen LogP contribution in [-0.2, 0) is 16.0 Å². The van der Waals surface area contributed by atoms with Gasteiger partial charge in [0.05, 0.1) is 11.6 Å². The summed E-state index contributed by atoms with van der Waals surface area (Å²) in [6.45, 7) is 10.6. The van der Waals surface area contributed by atoms with E-state index in [1.807, 2.05) is 0 Å². The molecule has 0 atom stereocenters. The Bertz CT molecular complexity index is 692. The van der Waals surface area contributed by atoms with Crippen molar-refractivity contribution in [2.75, 3.05) is 0 Å². The van der Waals surface area contributed by atoms with Crippen LogP contribution in [0, 0.1) is 0 Å². The molecular weight excluding hydrogens is 438 g/mol. The van der Waals surface area contributed by atoms with Gasteiger partial charge >= 0.3 is 12.2 Å². The summed E-state index contributed by atoms with van der Waals surface area (Å²) in [4.78, 5) is 28.3. The predicted molar refractivity (Wildman–Crippen MR) is 109 cm³/mol. The molecule has 0 aliphatic rings. The second kappa shape index (κ2) is 9.41. The van der Waals surface area contributed by atoms with Crippen LogP contribution in [0.4, 0.5) is 9.59 Å². The molecular formula is C18H25BrClN3O4. The number of amides is 2. The molecule has 7 nitrogen and oxygen atoms in total. The molecule has 0 aromatic heterocycles. The largest absolute Gasteiger partial charge is 0.444 e. The normalized spacial score (nSPS) is 11.4. The van der Waals surface area contributed by atoms with Crippen LogP contribution in [0.1, 0.15) is 47.1 Å². The van der Waals surface area contributed by atoms with Gasteiger partial charge < -0.3 is 9.47 Å². The molecule has 0 radical (unpaired) electrons. The number of halogens is 2. The smallest absolute Gasteiger partial charge is 0.414 e. The highest BCUT2D eigenvalue weighted by Gasteiger charge is 2.21. The third kappa shape index (κ3) is 10.2. The number of nitrogens with one attached hydrogen (secondary N) is 2. The van der Waals surface area contributed by atoms with Crippen molar-refractivity contribution in [2.45, 2.75) is 59.3 Å². The fourth-order valence-corrected chi connectivity index (χ4v) is 2.26. The number of ether oxygens (including phenoxy) is 2. The minimum absolute atomic E-state index is 0.0791. The van der Waals surface area contributed by atoms with Crippen molar-refractivity contribution in [3.63, 3.8) is 0 Å². The first-order chi connectivity index (χ1) is 12.2. The lowest BCUT2D eigenvalue weighted by molar-refractivity contribution is 0.0545. The third-order valence-corrected chi connectivity index (χ3v) is 3.86. The molecule has 27 heavy (non-hydrogen) atoms. The van der Waals surface area contributed by atoms with Gasteiger partial charge in [-0.3, -0.25) is 10.6 Å². The Kier molecular flexibility index (Phi) is 8.10. The van der Waals surface area contributed by atoms with Crippen LogP contribution in [0.25, 0.3) is 0 Å². The van der Waals surface area contributed by atoms with Gasteiger partial charge in [0.1, 0.15) is 11.2 Å². The molecule has 0 bridgehead atoms. The number of benzene rings is 1. The van der Waals surface area contributed by atoms with Crippen molar-refractivity contribution in [3.8, 4) is 0 Å². The van der Waals surface area contributed by atoms with Gasteiger partial charge in [0, 0.05) is 4.47 Å². The second-order valence-electron chi connectivity index (χ2n) is 7.67. The second-order valence-corrected chi connectivity index (χ2v) is 8.93. The van der Waals surface area contributed by atoms with Crippen molar-refractivity contribution < 1.29 is 19.1 Å². The first kappa shape index (κ1) is 23.2. The minimum atomic E-state index is -0.741. The Morgan fingerprint density at radius 3 is 1.93 bits per heavy atom. The van der Waals surface area contributed by atoms with Crippen molar-refractivity contribution in [1.29, 1.82) is 0 Å². The molecule has 0 fully saturated rings. The number of guanidine groups is 1. The molecule has 0 aliphatic carbocycles. The lowest BCUT2D eigenvalue weighted by Gasteiger charge is -2.22. The number of hydrogen-bond donors (Lipinski definition) is 2. The highest BCUT2D eigenvalue weighted by molar-refractivity contribution is 9.10. The third-order valence-electron chi connectivity index (χ3n) is 2.64. The van der Waals surface area contributed by atoms with Crippen molar-refractivity contribution in [1.82, 2.24) is 10.6 Å². The molecule has 0 unspecified atom stereocenters. The lowest BCUT2D eigenvalue weighted by atomic mass is 10.2. The average molecular weight is 463 g/mol. The summed E-state index contributed by atoms with van der Waals surface area (Å²) in [6.07, 6.45) is -1.48. The minimum Gasteiger partial charge on any atom is -0.444 e. The van der Waals surface area contributed by atoms with Crippen LogP contribution in [0.15, 0.2) is 27.7 Å². The van der Waals surface area contributed by atoms with Crippen molar-refractivity contribution in [3.05, 3.63) is 33.3 Å². The zero-order chi connectivity index (χ0) is 20.8. The van der Waals surface area contributed by atoms with E-state index in [2.05, 4.69) is 31.6 Å². The van der Waals surface area contributed by atoms with Gasteiger partial charge in [0.25, 0.3) is 0 Å². The summed E-state index contributed by atoms with van der Waals surface area (Å²) in [7, 11) is 0. The van der Waals surface area contributed by atoms with Crippen LogP contribution < -0.4 is 10.6 Å². The first-order valence-corrected chi connectivity index (χ1v) is 9.41. The van der Waals surface area contributed by atoms with E-state index in [-0.39, 0.29) is 12.5 Å². The lowest BCUT2D eigenvalue weighted by Crippen LogP contribution is -2.47. The summed E-state index contributed by atoms with van der Waals surface area (Å²) in [5.74, 6) is -0.0791. The maximum atomic E-state index is 12.0. The van der Waals surface area contributed by atoms with Crippen molar-refractivity contribution >= 4 is 45.7 Å². The molecule has 0 heterocycles. The quantitative estimate of drug-likeness (QED) is 0.478. The van der Waals surface area contributed by atoms with E-state index in [1.165, 1.54) is 0 Å². The fraction of sp³-hybridized carbons (Fsp3) is 0.500. The monoisotopic (exact) mass is 461 g/mol. The first-order valence-electron chi connectivity index (χ1n) is 8.23. The number of nitrogens with zero attached hydrogens (tertiary/aromatic N) is 1. The highest BCUT2D eigenvalue weighted by Crippen LogP contribution is 2.23. The Balaban J connectivity index is 2.92. The summed E-state index contributed by atoms with van der Waals surface area (Å²) >= 11 is 9.31. The summed E-state index contributed by atoms with van der Waals surface area (Å²) < 4.78 is 11.1. The van der Waals surface area contributed by atoms with Gasteiger partial charge in [-0.05, 0) is 75.2 Å². The number of carbonyl (C=O) groups excluding carboxylic acids is 2. The van der Waals surface area contributed by atoms with E-state index < -0.39 is 23.4 Å². The fourth-order valence-electron chi connectivity index (χ4n) is 1.72. The average Bonchev–Trinajstić information content (AvgIpc) is 2.44. The topological polar surface area (TPSA) is 89.0 Å². The molecule has 9 heteroatoms. The molecule has 0 saturated carbocycles. The number of rotatable bonds is 2. The van der Waals surface area contributed by atoms with E-state index in [4.69, 9.17) is 21.1 Å². The van der Waals surface area contributed by atoms with E-state index in [9.17, 15) is 9.59 Å². The summed E-state index contributed by atoms with van der Waals surface area (Å²) in [5.41, 5.74) is -0.564. The molecule has 1 aromatic rings. The van der Waals surface area contributed by atoms with E-state index in [1.54, 1.807) is 59.7 Å². The van der Waals surface area contributed by atoms with Crippen LogP contribution >= 0.6 is 27.5 Å². The van der Waals surface area contributed by atoms with Crippen LogP contribution in [-0.4, -0.2) is 29.3 Å². The van der Waals surface area contributed by atoms with Crippen LogP contribution in [0.3, 0.4) is 0 Å². The van der Waals surface area contributed by atoms with Gasteiger partial charge in [0.15, 0.2) is 0 Å². The molecule has 2 N–H and O–H groups in total. The van der Waals surface area contributed by atoms with Crippen LogP contribution in [0.2, 0.25) is 5.02 Å². The van der Waals surface area contributed by atoms with E-state index in [0.29, 0.717) is 5.02 Å². The van der Waals surface area contributed by atoms with Gasteiger partial charge in [-0.1, -0.05) is 17.7 Å². The maximum Gasteiger partial charge on any atom is 0.414 e. The Labute approximate surface area is 173 Å². The Morgan fingerprint density at radius 2 is 1.52 bits per heavy atom. The van der Waals surface area contributed by atoms with Gasteiger partial charge in [0.2, 0.25) is 5.96 Å². The number of carbonyl (C=O) groups is 2. The number of alkyl carbamates (subject to hydrolysis) is 2. The molecule has 2 amide bonds. The Morgan fingerprint density at radius 1 is 1.04 bits per heavy atom. The molecule has 0 spiro atoms. The van der Waals surface area contributed by atoms with Gasteiger partial charge in [-0.15, -0.1) is 0 Å². The zero-order valence-electron chi connectivity index (χ0n) is 16.3. The SMILES string of the molecule is CC(C)(C)OC(=O)NC(=NCc1ccc(Cl)c(Br)c1)NC(=O)OC(C)(C)C. The van der Waals surface area contributed by atoms with E-state index in [0.717, 1.165) is 10.0 Å². The zero-order valence-corrected chi connectivity index (χ0v) is 18.6. The number of aliphatic imine (C=N–C) groups is 1. The molecule has 1 rings (SSSR count). The number of hydrogen-bond acceptors (Lipinski definition) is 5. The molecule has 0 saturated heterocycles. The molecule has 150 valence electrons. The highest BCUT2D eigenvalue weighted by atomic mass is 79.9. The van der Waals surface area contributed by atoms with E-state index >= 15 is 0 Å². The summed E-state index contributed by atoms with van der Waals surface area (Å²) in [6, 6.07) is 5.30. The Hall–Kier alpha value is -1.80. The molecule has 1 aromatic carbocycles. The van der Waals surface area contributed by atoms with Gasteiger partial charge in [-0.25, -0.2) is 14.6 Å². The van der Waals surface area contributed by atoms with Crippen molar-refractivity contribution in [2.24, 2.45) is 4.99 Å². The summed E-state index contributed by atoms with van der Waals surface area (Å²) in [5, 5.41) is 5.42. The van der Waals surface area contributed by atoms with Crippen LogP contribution in [0.5, 0.6) is 0 Å². The maximum absolute atomic E-state index is 12.0. The molecule has 0 aliphatic heterocycles. The predicted octanol–water partition coefficient (Wildman–Crippen LogP) is 5.01. The standard InChI is InChI=1S/C18H25BrClN3O4/c1-17(2,3)26-15(24)22-14(23-16(25)27-18(4,5)6)21-10-11-7-8-13(20)12(19)9-11/h7-9H,10H2,1-6H3,(H2,21,22,23,24,25). The van der Waals surface area contributed by atoms with Gasteiger partial charge in [-0.2, -0.15) is 0 Å².